The van der Waals surface area contributed by atoms with Crippen LogP contribution in [0.2, 0.25) is 5.02 Å². The van der Waals surface area contributed by atoms with Crippen LogP contribution in [0.25, 0.3) is 0 Å². The van der Waals surface area contributed by atoms with Gasteiger partial charge in [0.15, 0.2) is 0 Å². The topological polar surface area (TPSA) is 28.7 Å². The second kappa shape index (κ2) is 7.50. The number of benzene rings is 1. The molecule has 1 radical (unpaired) electrons. The summed E-state index contributed by atoms with van der Waals surface area (Å²) in [6.07, 6.45) is 5.08. The zero-order valence-electron chi connectivity index (χ0n) is 9.51. The van der Waals surface area contributed by atoms with Gasteiger partial charge >= 0.3 is 0 Å². The molecule has 1 heterocycles. The van der Waals surface area contributed by atoms with E-state index in [4.69, 9.17) is 11.6 Å². The van der Waals surface area contributed by atoms with Crippen molar-refractivity contribution in [2.75, 3.05) is 0 Å². The Morgan fingerprint density at radius 1 is 1.12 bits per heavy atom. The number of nitrogens with zero attached hydrogens (tertiary/aromatic N) is 1. The number of aryl methyl sites for hydroxylation is 3. The third kappa shape index (κ3) is 4.84. The first-order chi connectivity index (χ1) is 7.11. The van der Waals surface area contributed by atoms with Crippen LogP contribution >= 0.6 is 11.6 Å². The Morgan fingerprint density at radius 3 is 2.00 bits per heavy atom. The average Bonchev–Trinajstić information content (AvgIpc) is 2.71. The van der Waals surface area contributed by atoms with Crippen LogP contribution in [0, 0.1) is 20.8 Å². The maximum absolute atomic E-state index is 5.95. The van der Waals surface area contributed by atoms with Gasteiger partial charge in [-0.15, -0.1) is 0 Å². The van der Waals surface area contributed by atoms with Gasteiger partial charge in [-0.3, -0.25) is 0 Å². The van der Waals surface area contributed by atoms with Crippen LogP contribution < -0.4 is 0 Å². The first-order valence-corrected chi connectivity index (χ1v) is 5.15. The predicted octanol–water partition coefficient (Wildman–Crippen LogP) is 3.67. The van der Waals surface area contributed by atoms with Crippen LogP contribution in [-0.4, -0.2) is 9.97 Å². The van der Waals surface area contributed by atoms with E-state index in [1.165, 1.54) is 16.7 Å². The van der Waals surface area contributed by atoms with Gasteiger partial charge < -0.3 is 4.98 Å². The van der Waals surface area contributed by atoms with E-state index in [0.29, 0.717) is 0 Å². The molecular formula is C12H15ClCuN2. The van der Waals surface area contributed by atoms with Crippen molar-refractivity contribution in [2.24, 2.45) is 0 Å². The standard InChI is InChI=1S/C9H11Cl.C3H4N2.Cu/c1-6-4-7(2)9(10)8(3)5-6;1-2-5-3-4-1;/h4-5H,1-3H3;1-3H,(H,4,5);. The van der Waals surface area contributed by atoms with E-state index in [-0.39, 0.29) is 17.1 Å². The Balaban J connectivity index is 0.000000318. The molecule has 0 aliphatic carbocycles. The van der Waals surface area contributed by atoms with E-state index >= 15 is 0 Å². The molecule has 0 amide bonds. The Bertz CT molecular complexity index is 373. The summed E-state index contributed by atoms with van der Waals surface area (Å²) in [7, 11) is 0. The first kappa shape index (κ1) is 15.2. The molecular weight excluding hydrogens is 271 g/mol. The van der Waals surface area contributed by atoms with Gasteiger partial charge in [-0.1, -0.05) is 29.3 Å². The summed E-state index contributed by atoms with van der Waals surface area (Å²) in [5.74, 6) is 0. The molecule has 0 aliphatic rings. The minimum Gasteiger partial charge on any atom is -0.351 e. The van der Waals surface area contributed by atoms with Gasteiger partial charge in [0, 0.05) is 34.5 Å². The summed E-state index contributed by atoms with van der Waals surface area (Å²) in [5, 5.41) is 0.894. The smallest absolute Gasteiger partial charge is 0.0919 e. The monoisotopic (exact) mass is 285 g/mol. The number of H-pyrrole nitrogens is 1. The number of aromatic amines is 1. The van der Waals surface area contributed by atoms with Gasteiger partial charge in [-0.25, -0.2) is 4.98 Å². The molecule has 1 aromatic heterocycles. The summed E-state index contributed by atoms with van der Waals surface area (Å²) in [4.78, 5) is 6.42. The van der Waals surface area contributed by atoms with Gasteiger partial charge in [0.05, 0.1) is 6.33 Å². The molecule has 4 heteroatoms. The molecule has 0 unspecified atom stereocenters. The van der Waals surface area contributed by atoms with Crippen molar-refractivity contribution in [1.29, 1.82) is 0 Å². The zero-order chi connectivity index (χ0) is 11.3. The van der Waals surface area contributed by atoms with Crippen LogP contribution in [-0.2, 0) is 17.1 Å². The number of nitrogens with one attached hydrogen (secondary N) is 1. The van der Waals surface area contributed by atoms with Gasteiger partial charge in [0.1, 0.15) is 0 Å². The van der Waals surface area contributed by atoms with Crippen molar-refractivity contribution in [3.8, 4) is 0 Å². The molecule has 0 saturated carbocycles. The first-order valence-electron chi connectivity index (χ1n) is 4.77. The fourth-order valence-electron chi connectivity index (χ4n) is 1.38. The van der Waals surface area contributed by atoms with Crippen molar-refractivity contribution in [3.63, 3.8) is 0 Å². The normalized spacial score (nSPS) is 8.75. The van der Waals surface area contributed by atoms with Crippen LogP contribution in [0.4, 0.5) is 0 Å². The summed E-state index contributed by atoms with van der Waals surface area (Å²) < 4.78 is 0. The molecule has 91 valence electrons. The quantitative estimate of drug-likeness (QED) is 0.735. The molecule has 2 aromatic rings. The number of halogens is 1. The molecule has 2 rings (SSSR count). The van der Waals surface area contributed by atoms with Gasteiger partial charge in [-0.2, -0.15) is 0 Å². The summed E-state index contributed by atoms with van der Waals surface area (Å²) in [5.41, 5.74) is 3.61. The van der Waals surface area contributed by atoms with Crippen LogP contribution in [0.5, 0.6) is 0 Å². The molecule has 2 nitrogen and oxygen atoms in total. The van der Waals surface area contributed by atoms with Gasteiger partial charge in [0.2, 0.25) is 0 Å². The molecule has 16 heavy (non-hydrogen) atoms. The summed E-state index contributed by atoms with van der Waals surface area (Å²) in [6.45, 7) is 6.14. The van der Waals surface area contributed by atoms with E-state index in [0.717, 1.165) is 5.02 Å². The van der Waals surface area contributed by atoms with Crippen molar-refractivity contribution in [1.82, 2.24) is 9.97 Å². The van der Waals surface area contributed by atoms with Crippen molar-refractivity contribution >= 4 is 11.6 Å². The van der Waals surface area contributed by atoms with Gasteiger partial charge in [-0.05, 0) is 31.9 Å². The van der Waals surface area contributed by atoms with Crippen molar-refractivity contribution in [2.45, 2.75) is 20.8 Å². The zero-order valence-corrected chi connectivity index (χ0v) is 11.2. The van der Waals surface area contributed by atoms with Crippen molar-refractivity contribution < 1.29 is 17.1 Å². The minimum absolute atomic E-state index is 0. The predicted molar refractivity (Wildman–Crippen MR) is 64.3 cm³/mol. The molecule has 0 fully saturated rings. The number of hydrogen-bond donors (Lipinski definition) is 1. The molecule has 0 spiro atoms. The van der Waals surface area contributed by atoms with E-state index < -0.39 is 0 Å². The fourth-order valence-corrected chi connectivity index (χ4v) is 1.49. The summed E-state index contributed by atoms with van der Waals surface area (Å²) >= 11 is 5.95. The summed E-state index contributed by atoms with van der Waals surface area (Å²) in [6, 6.07) is 4.19. The van der Waals surface area contributed by atoms with E-state index in [2.05, 4.69) is 29.0 Å². The van der Waals surface area contributed by atoms with Crippen LogP contribution in [0.3, 0.4) is 0 Å². The molecule has 0 bridgehead atoms. The number of imidazole rings is 1. The largest absolute Gasteiger partial charge is 0.351 e. The van der Waals surface area contributed by atoms with E-state index in [1.807, 2.05) is 13.8 Å². The van der Waals surface area contributed by atoms with E-state index in [1.54, 1.807) is 18.7 Å². The Kier molecular flexibility index (Phi) is 7.15. The number of rotatable bonds is 0. The maximum Gasteiger partial charge on any atom is 0.0919 e. The Morgan fingerprint density at radius 2 is 1.69 bits per heavy atom. The SMILES string of the molecule is Cc1cc(C)c(Cl)c(C)c1.[Cu].c1c[nH]cn1. The molecule has 1 aromatic carbocycles. The maximum atomic E-state index is 5.95. The minimum atomic E-state index is 0. The fraction of sp³-hybridized carbons (Fsp3) is 0.250. The second-order valence-corrected chi connectivity index (χ2v) is 3.85. The van der Waals surface area contributed by atoms with Crippen LogP contribution in [0.15, 0.2) is 30.9 Å². The Labute approximate surface area is 112 Å². The van der Waals surface area contributed by atoms with Gasteiger partial charge in [0.25, 0.3) is 0 Å². The third-order valence-electron chi connectivity index (χ3n) is 1.99. The second-order valence-electron chi connectivity index (χ2n) is 3.47. The molecule has 0 aliphatic heterocycles. The molecule has 1 N–H and O–H groups in total. The third-order valence-corrected chi connectivity index (χ3v) is 2.58. The van der Waals surface area contributed by atoms with Crippen LogP contribution in [0.1, 0.15) is 16.7 Å². The number of aromatic nitrogens is 2. The molecule has 0 saturated heterocycles. The van der Waals surface area contributed by atoms with Crippen molar-refractivity contribution in [3.05, 3.63) is 52.6 Å². The molecule has 0 atom stereocenters. The average molecular weight is 286 g/mol. The van der Waals surface area contributed by atoms with E-state index in [9.17, 15) is 0 Å². The Hall–Kier alpha value is -0.761. The number of hydrogen-bond acceptors (Lipinski definition) is 1.